The van der Waals surface area contributed by atoms with Gasteiger partial charge in [-0.25, -0.2) is 0 Å². The molecule has 25 heavy (non-hydrogen) atoms. The van der Waals surface area contributed by atoms with Gasteiger partial charge in [-0.15, -0.1) is 11.3 Å². The van der Waals surface area contributed by atoms with E-state index in [9.17, 15) is 4.79 Å². The summed E-state index contributed by atoms with van der Waals surface area (Å²) in [6, 6.07) is 17.0. The summed E-state index contributed by atoms with van der Waals surface area (Å²) in [5, 5.41) is 13.9. The monoisotopic (exact) mass is 350 g/mol. The Hall–Kier alpha value is -2.89. The molecule has 0 unspecified atom stereocenters. The molecule has 1 amide bonds. The Balaban J connectivity index is 1.71. The number of amides is 1. The summed E-state index contributed by atoms with van der Waals surface area (Å²) in [7, 11) is 0. The Morgan fingerprint density at radius 3 is 2.64 bits per heavy atom. The number of carbonyl (C=O) groups excluding carboxylic acids is 1. The first kappa shape index (κ1) is 17.0. The summed E-state index contributed by atoms with van der Waals surface area (Å²) in [4.78, 5) is 13.3. The molecule has 1 aromatic heterocycles. The summed E-state index contributed by atoms with van der Waals surface area (Å²) in [6.07, 6.45) is 3.18. The summed E-state index contributed by atoms with van der Waals surface area (Å²) in [5.41, 5.74) is 9.82. The minimum atomic E-state index is -0.249. The van der Waals surface area contributed by atoms with E-state index in [0.717, 1.165) is 21.6 Å². The van der Waals surface area contributed by atoms with E-state index in [1.54, 1.807) is 23.5 Å². The second-order valence-electron chi connectivity index (χ2n) is 5.50. The van der Waals surface area contributed by atoms with Gasteiger partial charge in [-0.1, -0.05) is 36.4 Å². The van der Waals surface area contributed by atoms with Crippen molar-refractivity contribution in [3.63, 3.8) is 0 Å². The highest BCUT2D eigenvalue weighted by Gasteiger charge is 2.06. The average Bonchev–Trinajstić information content (AvgIpc) is 3.17. The number of rotatable bonds is 5. The highest BCUT2D eigenvalue weighted by Crippen LogP contribution is 2.30. The van der Waals surface area contributed by atoms with E-state index in [0.29, 0.717) is 11.4 Å². The van der Waals surface area contributed by atoms with Crippen LogP contribution in [0.25, 0.3) is 16.5 Å². The highest BCUT2D eigenvalue weighted by molar-refractivity contribution is 7.13. The van der Waals surface area contributed by atoms with Crippen molar-refractivity contribution in [1.82, 2.24) is 0 Å². The Bertz CT molecular complexity index is 885. The van der Waals surface area contributed by atoms with Crippen molar-refractivity contribution >= 4 is 34.7 Å². The van der Waals surface area contributed by atoms with Gasteiger partial charge in [0, 0.05) is 11.0 Å². The number of hydrogen-bond donors (Lipinski definition) is 3. The molecule has 2 aromatic carbocycles. The minimum Gasteiger partial charge on any atom is -0.397 e. The van der Waals surface area contributed by atoms with Crippen molar-refractivity contribution in [1.29, 1.82) is 0 Å². The molecule has 3 aromatic rings. The van der Waals surface area contributed by atoms with E-state index in [2.05, 4.69) is 5.32 Å². The van der Waals surface area contributed by atoms with E-state index in [1.807, 2.05) is 53.9 Å². The van der Waals surface area contributed by atoms with Gasteiger partial charge in [0.1, 0.15) is 0 Å². The topological polar surface area (TPSA) is 75.3 Å². The third-order valence-corrected chi connectivity index (χ3v) is 4.63. The quantitative estimate of drug-likeness (QED) is 0.478. The first-order valence-corrected chi connectivity index (χ1v) is 8.66. The molecule has 4 nitrogen and oxygen atoms in total. The number of hydrogen-bond acceptors (Lipinski definition) is 4. The van der Waals surface area contributed by atoms with Gasteiger partial charge in [0.25, 0.3) is 0 Å². The third-order valence-electron chi connectivity index (χ3n) is 3.71. The van der Waals surface area contributed by atoms with Crippen LogP contribution in [0.4, 0.5) is 11.4 Å². The van der Waals surface area contributed by atoms with Crippen molar-refractivity contribution < 1.29 is 9.90 Å². The molecule has 0 bridgehead atoms. The van der Waals surface area contributed by atoms with Crippen LogP contribution in [0.1, 0.15) is 11.1 Å². The number of carbonyl (C=O) groups is 1. The van der Waals surface area contributed by atoms with Crippen molar-refractivity contribution in [3.8, 4) is 10.4 Å². The van der Waals surface area contributed by atoms with Crippen molar-refractivity contribution in [2.24, 2.45) is 0 Å². The van der Waals surface area contributed by atoms with Crippen LogP contribution in [0.3, 0.4) is 0 Å². The standard InChI is InChI=1S/C20H18N2O2S/c21-17-9-8-16(19-2-1-11-25-19)12-18(17)22-20(24)10-7-14-3-5-15(13-23)6-4-14/h1-12,23H,13,21H2,(H,22,24)/b10-7+. The summed E-state index contributed by atoms with van der Waals surface area (Å²) >= 11 is 1.63. The number of thiophene rings is 1. The van der Waals surface area contributed by atoms with Gasteiger partial charge in [-0.05, 0) is 46.3 Å². The smallest absolute Gasteiger partial charge is 0.248 e. The zero-order valence-electron chi connectivity index (χ0n) is 13.5. The Morgan fingerprint density at radius 1 is 1.16 bits per heavy atom. The molecule has 0 aliphatic rings. The van der Waals surface area contributed by atoms with Gasteiger partial charge >= 0.3 is 0 Å². The number of nitrogens with two attached hydrogens (primary N) is 1. The molecular formula is C20H18N2O2S. The Kier molecular flexibility index (Phi) is 5.28. The Labute approximate surface area is 150 Å². The van der Waals surface area contributed by atoms with Crippen LogP contribution < -0.4 is 11.1 Å². The molecule has 0 aliphatic heterocycles. The van der Waals surface area contributed by atoms with Crippen LogP contribution in [0.2, 0.25) is 0 Å². The number of aliphatic hydroxyl groups is 1. The van der Waals surface area contributed by atoms with Gasteiger partial charge < -0.3 is 16.2 Å². The number of aliphatic hydroxyl groups excluding tert-OH is 1. The van der Waals surface area contributed by atoms with E-state index < -0.39 is 0 Å². The van der Waals surface area contributed by atoms with Crippen LogP contribution in [0.5, 0.6) is 0 Å². The molecule has 0 atom stereocenters. The number of benzene rings is 2. The summed E-state index contributed by atoms with van der Waals surface area (Å²) in [5.74, 6) is -0.249. The normalized spacial score (nSPS) is 10.9. The number of anilines is 2. The molecule has 0 spiro atoms. The second-order valence-corrected chi connectivity index (χ2v) is 6.45. The lowest BCUT2D eigenvalue weighted by molar-refractivity contribution is -0.111. The summed E-state index contributed by atoms with van der Waals surface area (Å²) in [6.45, 7) is 0.00430. The van der Waals surface area contributed by atoms with Crippen LogP contribution in [0.15, 0.2) is 66.1 Å². The lowest BCUT2D eigenvalue weighted by Crippen LogP contribution is -2.09. The largest absolute Gasteiger partial charge is 0.397 e. The van der Waals surface area contributed by atoms with Gasteiger partial charge in [-0.3, -0.25) is 4.79 Å². The van der Waals surface area contributed by atoms with Crippen molar-refractivity contribution in [3.05, 3.63) is 77.2 Å². The maximum absolute atomic E-state index is 12.2. The van der Waals surface area contributed by atoms with Crippen LogP contribution >= 0.6 is 11.3 Å². The fraction of sp³-hybridized carbons (Fsp3) is 0.0500. The van der Waals surface area contributed by atoms with Crippen molar-refractivity contribution in [2.75, 3.05) is 11.1 Å². The van der Waals surface area contributed by atoms with Gasteiger partial charge in [0.05, 0.1) is 18.0 Å². The second kappa shape index (κ2) is 7.79. The fourth-order valence-corrected chi connectivity index (χ4v) is 3.07. The maximum atomic E-state index is 12.2. The molecule has 3 rings (SSSR count). The lowest BCUT2D eigenvalue weighted by Gasteiger charge is -2.08. The minimum absolute atomic E-state index is 0.00430. The molecule has 1 heterocycles. The van der Waals surface area contributed by atoms with E-state index in [4.69, 9.17) is 10.8 Å². The molecule has 0 saturated carbocycles. The molecule has 0 radical (unpaired) electrons. The predicted octanol–water partition coefficient (Wildman–Crippen LogP) is 4.14. The molecule has 0 saturated heterocycles. The van der Waals surface area contributed by atoms with Crippen LogP contribution in [0, 0.1) is 0 Å². The molecule has 0 fully saturated rings. The molecule has 4 N–H and O–H groups in total. The van der Waals surface area contributed by atoms with Gasteiger partial charge in [-0.2, -0.15) is 0 Å². The fourth-order valence-electron chi connectivity index (χ4n) is 2.34. The first-order chi connectivity index (χ1) is 12.2. The van der Waals surface area contributed by atoms with E-state index in [1.165, 1.54) is 6.08 Å². The first-order valence-electron chi connectivity index (χ1n) is 7.78. The Morgan fingerprint density at radius 2 is 1.96 bits per heavy atom. The highest BCUT2D eigenvalue weighted by atomic mass is 32.1. The van der Waals surface area contributed by atoms with Gasteiger partial charge in [0.15, 0.2) is 0 Å². The van der Waals surface area contributed by atoms with Gasteiger partial charge in [0.2, 0.25) is 5.91 Å². The number of nitrogens with one attached hydrogen (secondary N) is 1. The molecule has 126 valence electrons. The summed E-state index contributed by atoms with van der Waals surface area (Å²) < 4.78 is 0. The molecule has 5 heteroatoms. The molecular weight excluding hydrogens is 332 g/mol. The maximum Gasteiger partial charge on any atom is 0.248 e. The third kappa shape index (κ3) is 4.35. The average molecular weight is 350 g/mol. The van der Waals surface area contributed by atoms with E-state index >= 15 is 0 Å². The zero-order valence-corrected chi connectivity index (χ0v) is 14.3. The molecule has 0 aliphatic carbocycles. The van der Waals surface area contributed by atoms with Crippen LogP contribution in [-0.4, -0.2) is 11.0 Å². The predicted molar refractivity (Wildman–Crippen MR) is 104 cm³/mol. The van der Waals surface area contributed by atoms with E-state index in [-0.39, 0.29) is 12.5 Å². The SMILES string of the molecule is Nc1ccc(-c2cccs2)cc1NC(=O)/C=C/c1ccc(CO)cc1. The van der Waals surface area contributed by atoms with Crippen LogP contribution in [-0.2, 0) is 11.4 Å². The lowest BCUT2D eigenvalue weighted by atomic mass is 10.1. The van der Waals surface area contributed by atoms with Crippen molar-refractivity contribution in [2.45, 2.75) is 6.61 Å². The zero-order chi connectivity index (χ0) is 17.6. The number of nitrogen functional groups attached to an aromatic ring is 1.